The van der Waals surface area contributed by atoms with E-state index in [0.29, 0.717) is 0 Å². The van der Waals surface area contributed by atoms with Gasteiger partial charge in [-0.15, -0.1) is 0 Å². The van der Waals surface area contributed by atoms with Gasteiger partial charge >= 0.3 is 0 Å². The monoisotopic (exact) mass is 262 g/mol. The van der Waals surface area contributed by atoms with Crippen LogP contribution >= 0.6 is 0 Å². The highest BCUT2D eigenvalue weighted by atomic mass is 16.5. The van der Waals surface area contributed by atoms with Gasteiger partial charge in [0.2, 0.25) is 0 Å². The normalized spacial score (nSPS) is 19.4. The molecule has 0 aliphatic carbocycles. The number of aryl methyl sites for hydroxylation is 1. The molecule has 3 nitrogen and oxygen atoms in total. The maximum absolute atomic E-state index is 6.54. The molecule has 1 aliphatic rings. The van der Waals surface area contributed by atoms with Crippen molar-refractivity contribution in [1.82, 2.24) is 4.90 Å². The van der Waals surface area contributed by atoms with Crippen molar-refractivity contribution in [2.24, 2.45) is 5.73 Å². The number of nitrogens with two attached hydrogens (primary N) is 1. The molecule has 1 fully saturated rings. The predicted octanol–water partition coefficient (Wildman–Crippen LogP) is 2.36. The zero-order valence-electron chi connectivity index (χ0n) is 12.4. The zero-order valence-corrected chi connectivity index (χ0v) is 12.4. The van der Waals surface area contributed by atoms with E-state index in [1.807, 2.05) is 0 Å². The summed E-state index contributed by atoms with van der Waals surface area (Å²) < 4.78 is 5.43. The van der Waals surface area contributed by atoms with Gasteiger partial charge in [0.1, 0.15) is 0 Å². The first-order valence-corrected chi connectivity index (χ1v) is 7.23. The number of nitrogens with zero attached hydrogens (tertiary/aromatic N) is 1. The Balaban J connectivity index is 2.18. The summed E-state index contributed by atoms with van der Waals surface area (Å²) in [6, 6.07) is 8.69. The van der Waals surface area contributed by atoms with Gasteiger partial charge in [0.25, 0.3) is 0 Å². The standard InChI is InChI=1S/C16H26N2O/c1-4-13-6-5-7-14(12-13)15(17)16(2,3)18-8-10-19-11-9-18/h5-7,12,15H,4,8-11,17H2,1-3H3. The molecular formula is C16H26N2O. The highest BCUT2D eigenvalue weighted by Gasteiger charge is 2.34. The second-order valence-corrected chi connectivity index (χ2v) is 5.83. The molecule has 0 bridgehead atoms. The summed E-state index contributed by atoms with van der Waals surface area (Å²) in [6.07, 6.45) is 1.05. The summed E-state index contributed by atoms with van der Waals surface area (Å²) in [4.78, 5) is 2.44. The molecule has 1 heterocycles. The lowest BCUT2D eigenvalue weighted by atomic mass is 9.86. The van der Waals surface area contributed by atoms with Crippen molar-refractivity contribution in [2.75, 3.05) is 26.3 Å². The topological polar surface area (TPSA) is 38.5 Å². The van der Waals surface area contributed by atoms with Crippen LogP contribution in [-0.2, 0) is 11.2 Å². The smallest absolute Gasteiger partial charge is 0.0594 e. The zero-order chi connectivity index (χ0) is 13.9. The number of hydrogen-bond acceptors (Lipinski definition) is 3. The molecule has 0 saturated carbocycles. The Kier molecular flexibility index (Phi) is 4.61. The summed E-state index contributed by atoms with van der Waals surface area (Å²) in [5.74, 6) is 0. The fourth-order valence-corrected chi connectivity index (χ4v) is 2.75. The summed E-state index contributed by atoms with van der Waals surface area (Å²) in [5, 5.41) is 0. The largest absolute Gasteiger partial charge is 0.379 e. The molecule has 1 unspecified atom stereocenters. The van der Waals surface area contributed by atoms with Gasteiger partial charge < -0.3 is 10.5 Å². The summed E-state index contributed by atoms with van der Waals surface area (Å²) >= 11 is 0. The van der Waals surface area contributed by atoms with Crippen molar-refractivity contribution in [3.05, 3.63) is 35.4 Å². The third-order valence-electron chi connectivity index (χ3n) is 4.31. The van der Waals surface area contributed by atoms with Gasteiger partial charge in [-0.1, -0.05) is 31.2 Å². The number of morpholine rings is 1. The molecule has 106 valence electrons. The average molecular weight is 262 g/mol. The molecule has 1 saturated heterocycles. The minimum atomic E-state index is -0.0455. The van der Waals surface area contributed by atoms with Crippen LogP contribution < -0.4 is 5.73 Å². The van der Waals surface area contributed by atoms with Crippen LogP contribution in [0, 0.1) is 0 Å². The van der Waals surface area contributed by atoms with Crippen LogP contribution in [0.5, 0.6) is 0 Å². The fourth-order valence-electron chi connectivity index (χ4n) is 2.75. The fraction of sp³-hybridized carbons (Fsp3) is 0.625. The molecule has 3 heteroatoms. The van der Waals surface area contributed by atoms with Gasteiger partial charge in [-0.25, -0.2) is 0 Å². The molecule has 1 aliphatic heterocycles. The Morgan fingerprint density at radius 1 is 1.32 bits per heavy atom. The molecule has 0 radical (unpaired) electrons. The minimum absolute atomic E-state index is 0.0251. The second-order valence-electron chi connectivity index (χ2n) is 5.83. The highest BCUT2D eigenvalue weighted by Crippen LogP contribution is 2.30. The van der Waals surface area contributed by atoms with Crippen LogP contribution in [0.1, 0.15) is 37.9 Å². The first kappa shape index (κ1) is 14.5. The van der Waals surface area contributed by atoms with E-state index in [9.17, 15) is 0 Å². The third-order valence-corrected chi connectivity index (χ3v) is 4.31. The van der Waals surface area contributed by atoms with Crippen LogP contribution in [0.3, 0.4) is 0 Å². The summed E-state index contributed by atoms with van der Waals surface area (Å²) in [6.45, 7) is 10.2. The van der Waals surface area contributed by atoms with Crippen molar-refractivity contribution in [3.63, 3.8) is 0 Å². The van der Waals surface area contributed by atoms with E-state index in [2.05, 4.69) is 49.9 Å². The molecule has 19 heavy (non-hydrogen) atoms. The van der Waals surface area contributed by atoms with Crippen molar-refractivity contribution in [3.8, 4) is 0 Å². The van der Waals surface area contributed by atoms with E-state index in [-0.39, 0.29) is 11.6 Å². The molecule has 0 spiro atoms. The highest BCUT2D eigenvalue weighted by molar-refractivity contribution is 5.28. The van der Waals surface area contributed by atoms with E-state index in [1.165, 1.54) is 11.1 Å². The van der Waals surface area contributed by atoms with E-state index in [1.54, 1.807) is 0 Å². The number of benzene rings is 1. The lowest BCUT2D eigenvalue weighted by molar-refractivity contribution is -0.0190. The molecule has 1 aromatic carbocycles. The Bertz CT molecular complexity index is 411. The first-order chi connectivity index (χ1) is 9.05. The van der Waals surface area contributed by atoms with Gasteiger partial charge in [-0.2, -0.15) is 0 Å². The van der Waals surface area contributed by atoms with E-state index in [0.717, 1.165) is 32.7 Å². The van der Waals surface area contributed by atoms with Crippen molar-refractivity contribution >= 4 is 0 Å². The van der Waals surface area contributed by atoms with Gasteiger partial charge in [0.15, 0.2) is 0 Å². The van der Waals surface area contributed by atoms with Crippen LogP contribution in [0.25, 0.3) is 0 Å². The van der Waals surface area contributed by atoms with E-state index < -0.39 is 0 Å². The minimum Gasteiger partial charge on any atom is -0.379 e. The lowest BCUT2D eigenvalue weighted by Crippen LogP contribution is -2.55. The first-order valence-electron chi connectivity index (χ1n) is 7.23. The maximum Gasteiger partial charge on any atom is 0.0594 e. The molecule has 1 aromatic rings. The maximum atomic E-state index is 6.54. The molecular weight excluding hydrogens is 236 g/mol. The van der Waals surface area contributed by atoms with Crippen molar-refractivity contribution in [2.45, 2.75) is 38.8 Å². The summed E-state index contributed by atoms with van der Waals surface area (Å²) in [5.41, 5.74) is 9.08. The third kappa shape index (κ3) is 3.16. The Morgan fingerprint density at radius 2 is 2.00 bits per heavy atom. The van der Waals surface area contributed by atoms with Crippen LogP contribution in [0.4, 0.5) is 0 Å². The van der Waals surface area contributed by atoms with Crippen LogP contribution in [-0.4, -0.2) is 36.7 Å². The quantitative estimate of drug-likeness (QED) is 0.905. The Morgan fingerprint density at radius 3 is 2.63 bits per heavy atom. The second kappa shape index (κ2) is 6.04. The van der Waals surface area contributed by atoms with Gasteiger partial charge in [0, 0.05) is 24.7 Å². The molecule has 1 atom stereocenters. The van der Waals surface area contributed by atoms with Gasteiger partial charge in [-0.3, -0.25) is 4.90 Å². The Hall–Kier alpha value is -0.900. The van der Waals surface area contributed by atoms with Gasteiger partial charge in [-0.05, 0) is 31.4 Å². The number of ether oxygens (including phenoxy) is 1. The van der Waals surface area contributed by atoms with Crippen molar-refractivity contribution < 1.29 is 4.74 Å². The molecule has 0 aromatic heterocycles. The molecule has 2 N–H and O–H groups in total. The van der Waals surface area contributed by atoms with E-state index in [4.69, 9.17) is 10.5 Å². The van der Waals surface area contributed by atoms with E-state index >= 15 is 0 Å². The summed E-state index contributed by atoms with van der Waals surface area (Å²) in [7, 11) is 0. The molecule has 0 amide bonds. The molecule has 2 rings (SSSR count). The number of hydrogen-bond donors (Lipinski definition) is 1. The Labute approximate surface area is 116 Å². The average Bonchev–Trinajstić information content (AvgIpc) is 2.47. The lowest BCUT2D eigenvalue weighted by Gasteiger charge is -2.44. The van der Waals surface area contributed by atoms with Crippen LogP contribution in [0.15, 0.2) is 24.3 Å². The van der Waals surface area contributed by atoms with Crippen molar-refractivity contribution in [1.29, 1.82) is 0 Å². The predicted molar refractivity (Wildman–Crippen MR) is 79.2 cm³/mol. The van der Waals surface area contributed by atoms with Crippen LogP contribution in [0.2, 0.25) is 0 Å². The van der Waals surface area contributed by atoms with Gasteiger partial charge in [0.05, 0.1) is 13.2 Å². The number of rotatable bonds is 4. The SMILES string of the molecule is CCc1cccc(C(N)C(C)(C)N2CCOCC2)c1.